The highest BCUT2D eigenvalue weighted by atomic mass is 35.5. The Balaban J connectivity index is 3.24. The molecule has 0 aliphatic heterocycles. The van der Waals surface area contributed by atoms with E-state index in [9.17, 15) is 61.9 Å². The third-order valence-electron chi connectivity index (χ3n) is 3.58. The van der Waals surface area contributed by atoms with Gasteiger partial charge in [-0.1, -0.05) is 23.7 Å². The van der Waals surface area contributed by atoms with Crippen molar-refractivity contribution in [1.29, 1.82) is 0 Å². The fourth-order valence-corrected chi connectivity index (χ4v) is 1.93. The maximum absolute atomic E-state index is 13.5. The summed E-state index contributed by atoms with van der Waals surface area (Å²) in [5.74, 6) is -41.7. The number of alkyl halides is 13. The minimum absolute atomic E-state index is 0.0920. The minimum Gasteiger partial charge on any atom is -0.347 e. The zero-order chi connectivity index (χ0) is 24.0. The molecule has 2 nitrogen and oxygen atoms in total. The Labute approximate surface area is 163 Å². The molecule has 0 fully saturated rings. The van der Waals surface area contributed by atoms with E-state index in [1.165, 1.54) is 0 Å². The first-order chi connectivity index (χ1) is 13.1. The number of hydrogen-bond acceptors (Lipinski definition) is 1. The van der Waals surface area contributed by atoms with Gasteiger partial charge in [-0.2, -0.15) is 57.1 Å². The van der Waals surface area contributed by atoms with Crippen LogP contribution in [0.5, 0.6) is 0 Å². The summed E-state index contributed by atoms with van der Waals surface area (Å²) in [5, 5.41) is 1.05. The average molecular weight is 488 g/mol. The maximum Gasteiger partial charge on any atom is 0.460 e. The molecule has 1 N–H and O–H groups in total. The van der Waals surface area contributed by atoms with Crippen molar-refractivity contribution in [2.75, 3.05) is 0 Å². The van der Waals surface area contributed by atoms with Crippen LogP contribution in [0, 0.1) is 0 Å². The van der Waals surface area contributed by atoms with E-state index in [0.29, 0.717) is 0 Å². The van der Waals surface area contributed by atoms with E-state index in [1.54, 1.807) is 0 Å². The van der Waals surface area contributed by atoms with Gasteiger partial charge in [-0.25, -0.2) is 0 Å². The molecule has 0 aromatic heterocycles. The lowest BCUT2D eigenvalue weighted by Gasteiger charge is -2.39. The lowest BCUT2D eigenvalue weighted by Crippen LogP contribution is -2.71. The zero-order valence-corrected chi connectivity index (χ0v) is 14.5. The van der Waals surface area contributed by atoms with E-state index in [2.05, 4.69) is 0 Å². The first-order valence-electron chi connectivity index (χ1n) is 7.13. The molecule has 0 aliphatic rings. The van der Waals surface area contributed by atoms with E-state index in [4.69, 9.17) is 11.6 Å². The van der Waals surface area contributed by atoms with Crippen LogP contribution >= 0.6 is 11.6 Å². The molecule has 0 unspecified atom stereocenters. The van der Waals surface area contributed by atoms with Gasteiger partial charge in [-0.05, 0) is 17.7 Å². The maximum atomic E-state index is 13.5. The highest BCUT2D eigenvalue weighted by molar-refractivity contribution is 6.30. The van der Waals surface area contributed by atoms with Crippen molar-refractivity contribution in [2.24, 2.45) is 0 Å². The highest BCUT2D eigenvalue weighted by Gasteiger charge is 2.91. The molecule has 30 heavy (non-hydrogen) atoms. The summed E-state index contributed by atoms with van der Waals surface area (Å²) in [7, 11) is 0. The first-order valence-corrected chi connectivity index (χ1v) is 7.51. The number of nitrogens with one attached hydrogen (secondary N) is 1. The molecule has 1 aromatic carbocycles. The van der Waals surface area contributed by atoms with Gasteiger partial charge < -0.3 is 5.32 Å². The molecule has 172 valence electrons. The summed E-state index contributed by atoms with van der Waals surface area (Å²) < 4.78 is 168. The molecule has 0 atom stereocenters. The third kappa shape index (κ3) is 3.99. The molecule has 1 rings (SSSR count). The largest absolute Gasteiger partial charge is 0.460 e. The van der Waals surface area contributed by atoms with Crippen LogP contribution in [0.4, 0.5) is 57.1 Å². The van der Waals surface area contributed by atoms with Crippen molar-refractivity contribution in [3.63, 3.8) is 0 Å². The second kappa shape index (κ2) is 7.64. The molecule has 0 saturated carbocycles. The van der Waals surface area contributed by atoms with Gasteiger partial charge in [-0.15, -0.1) is 0 Å². The van der Waals surface area contributed by atoms with Gasteiger partial charge in [0.2, 0.25) is 0 Å². The molecule has 0 aliphatic carbocycles. The third-order valence-corrected chi connectivity index (χ3v) is 3.84. The van der Waals surface area contributed by atoms with Crippen molar-refractivity contribution in [3.8, 4) is 0 Å². The number of rotatable bonds is 7. The van der Waals surface area contributed by atoms with Crippen LogP contribution < -0.4 is 5.32 Å². The van der Waals surface area contributed by atoms with Crippen molar-refractivity contribution < 1.29 is 61.9 Å². The molecule has 0 spiro atoms. The van der Waals surface area contributed by atoms with Crippen LogP contribution in [0.15, 0.2) is 24.3 Å². The molecular formula is C14H7ClF13NO. The fraction of sp³-hybridized carbons (Fsp3) is 0.500. The monoisotopic (exact) mass is 487 g/mol. The van der Waals surface area contributed by atoms with Gasteiger partial charge >= 0.3 is 35.8 Å². The molecule has 0 radical (unpaired) electrons. The van der Waals surface area contributed by atoms with Crippen LogP contribution in [-0.2, 0) is 11.3 Å². The van der Waals surface area contributed by atoms with Crippen LogP contribution in [-0.4, -0.2) is 41.7 Å². The van der Waals surface area contributed by atoms with E-state index in [1.807, 2.05) is 0 Å². The quantitative estimate of drug-likeness (QED) is 0.492. The molecule has 1 aromatic rings. The zero-order valence-electron chi connectivity index (χ0n) is 13.7. The van der Waals surface area contributed by atoms with Gasteiger partial charge in [0.05, 0.1) is 0 Å². The van der Waals surface area contributed by atoms with Crippen molar-refractivity contribution in [3.05, 3.63) is 34.9 Å². The van der Waals surface area contributed by atoms with Crippen molar-refractivity contribution in [2.45, 2.75) is 42.3 Å². The van der Waals surface area contributed by atoms with Gasteiger partial charge in [0.25, 0.3) is 5.91 Å². The number of carbonyl (C=O) groups is 1. The van der Waals surface area contributed by atoms with E-state index in [0.717, 1.165) is 29.6 Å². The summed E-state index contributed by atoms with van der Waals surface area (Å²) in [4.78, 5) is 11.2. The number of amides is 1. The summed E-state index contributed by atoms with van der Waals surface area (Å²) in [6.45, 7) is -1.07. The predicted molar refractivity (Wildman–Crippen MR) is 74.1 cm³/mol. The van der Waals surface area contributed by atoms with Gasteiger partial charge in [0.15, 0.2) is 0 Å². The van der Waals surface area contributed by atoms with Crippen LogP contribution in [0.25, 0.3) is 0 Å². The Kier molecular flexibility index (Phi) is 6.65. The van der Waals surface area contributed by atoms with Crippen molar-refractivity contribution >= 4 is 17.5 Å². The molecule has 0 heterocycles. The molecule has 0 bridgehead atoms. The molecule has 16 heteroatoms. The average Bonchev–Trinajstić information content (AvgIpc) is 2.59. The fourth-order valence-electron chi connectivity index (χ4n) is 1.81. The van der Waals surface area contributed by atoms with Crippen LogP contribution in [0.2, 0.25) is 5.02 Å². The van der Waals surface area contributed by atoms with Crippen LogP contribution in [0.3, 0.4) is 0 Å². The van der Waals surface area contributed by atoms with Crippen molar-refractivity contribution in [1.82, 2.24) is 5.32 Å². The summed E-state index contributed by atoms with van der Waals surface area (Å²) in [5.41, 5.74) is -0.132. The topological polar surface area (TPSA) is 29.1 Å². The Morgan fingerprint density at radius 2 is 1.10 bits per heavy atom. The number of halogens is 14. The number of hydrogen-bond donors (Lipinski definition) is 1. The second-order valence-corrected chi connectivity index (χ2v) is 6.12. The number of benzene rings is 1. The van der Waals surface area contributed by atoms with E-state index in [-0.39, 0.29) is 10.6 Å². The Hall–Kier alpha value is -1.93. The molecule has 0 saturated heterocycles. The van der Waals surface area contributed by atoms with Crippen LogP contribution in [0.1, 0.15) is 5.56 Å². The smallest absolute Gasteiger partial charge is 0.347 e. The highest BCUT2D eigenvalue weighted by Crippen LogP contribution is 2.60. The second-order valence-electron chi connectivity index (χ2n) is 5.68. The minimum atomic E-state index is -8.05. The Morgan fingerprint density at radius 3 is 1.50 bits per heavy atom. The normalized spacial score (nSPS) is 14.6. The molecular weight excluding hydrogens is 481 g/mol. The Bertz CT molecular complexity index is 773. The number of carbonyl (C=O) groups excluding carboxylic acids is 1. The lowest BCUT2D eigenvalue weighted by molar-refractivity contribution is -0.436. The predicted octanol–water partition coefficient (Wildman–Crippen LogP) is 5.70. The van der Waals surface area contributed by atoms with E-state index >= 15 is 0 Å². The Morgan fingerprint density at radius 1 is 0.700 bits per heavy atom. The summed E-state index contributed by atoms with van der Waals surface area (Å²) in [6.07, 6.45) is -7.51. The standard InChI is InChI=1S/C14H7ClF13NO/c15-7-3-1-6(2-4-7)5-29-8(30)9(16,17)10(18,19)11(20,21)12(22,23)13(24,25)14(26,27)28/h1-4H,5H2,(H,29,30). The SMILES string of the molecule is O=C(NCc1ccc(Cl)cc1)C(F)(F)C(F)(F)C(F)(F)C(F)(F)C(F)(F)C(F)(F)F. The van der Waals surface area contributed by atoms with Gasteiger partial charge in [-0.3, -0.25) is 4.79 Å². The van der Waals surface area contributed by atoms with Gasteiger partial charge in [0.1, 0.15) is 0 Å². The molecule has 1 amide bonds. The summed E-state index contributed by atoms with van der Waals surface area (Å²) in [6, 6.07) is 4.30. The summed E-state index contributed by atoms with van der Waals surface area (Å²) >= 11 is 5.47. The first kappa shape index (κ1) is 26.1. The van der Waals surface area contributed by atoms with Gasteiger partial charge in [0, 0.05) is 11.6 Å². The van der Waals surface area contributed by atoms with E-state index < -0.39 is 48.2 Å². The lowest BCUT2D eigenvalue weighted by atomic mass is 9.93.